The van der Waals surface area contributed by atoms with E-state index >= 15 is 0 Å². The van der Waals surface area contributed by atoms with Gasteiger partial charge in [0.1, 0.15) is 0 Å². The van der Waals surface area contributed by atoms with Crippen molar-refractivity contribution in [2.45, 2.75) is 24.7 Å². The summed E-state index contributed by atoms with van der Waals surface area (Å²) in [6, 6.07) is 13.8. The van der Waals surface area contributed by atoms with Crippen molar-refractivity contribution in [1.29, 1.82) is 0 Å². The molecule has 0 radical (unpaired) electrons. The molecule has 4 nitrogen and oxygen atoms in total. The van der Waals surface area contributed by atoms with Gasteiger partial charge in [0.15, 0.2) is 0 Å². The summed E-state index contributed by atoms with van der Waals surface area (Å²) < 4.78 is 0. The van der Waals surface area contributed by atoms with E-state index in [-0.39, 0.29) is 11.8 Å². The maximum absolute atomic E-state index is 12.2. The van der Waals surface area contributed by atoms with Crippen LogP contribution >= 0.6 is 11.8 Å². The third-order valence-corrected chi connectivity index (χ3v) is 5.15. The number of hydrogen-bond donors (Lipinski definition) is 1. The Morgan fingerprint density at radius 2 is 1.96 bits per heavy atom. The number of nitrogens with one attached hydrogen (secondary N) is 1. The van der Waals surface area contributed by atoms with Gasteiger partial charge in [-0.2, -0.15) is 0 Å². The van der Waals surface area contributed by atoms with E-state index in [0.29, 0.717) is 19.4 Å². The van der Waals surface area contributed by atoms with Crippen molar-refractivity contribution in [3.63, 3.8) is 0 Å². The molecule has 0 aromatic heterocycles. The lowest BCUT2D eigenvalue weighted by Crippen LogP contribution is -2.34. The summed E-state index contributed by atoms with van der Waals surface area (Å²) >= 11 is 1.69. The van der Waals surface area contributed by atoms with Crippen LogP contribution in [0.4, 0.5) is 11.4 Å². The largest absolute Gasteiger partial charge is 0.323 e. The number of rotatable bonds is 5. The van der Waals surface area contributed by atoms with Crippen LogP contribution < -0.4 is 10.2 Å². The lowest BCUT2D eigenvalue weighted by atomic mass is 10.0. The molecule has 0 spiro atoms. The SMILES string of the molecule is CCN1C(=O)CCc2cc(NC(=O)C=Cc3ccc(SC)cc3)ccc21. The van der Waals surface area contributed by atoms with Crippen LogP contribution in [-0.2, 0) is 16.0 Å². The molecule has 3 rings (SSSR count). The van der Waals surface area contributed by atoms with Crippen molar-refractivity contribution in [1.82, 2.24) is 0 Å². The molecule has 0 saturated carbocycles. The Morgan fingerprint density at radius 1 is 1.19 bits per heavy atom. The van der Waals surface area contributed by atoms with Crippen LogP contribution in [0.2, 0.25) is 0 Å². The van der Waals surface area contributed by atoms with Crippen molar-refractivity contribution in [2.75, 3.05) is 23.0 Å². The first-order valence-electron chi connectivity index (χ1n) is 8.67. The summed E-state index contributed by atoms with van der Waals surface area (Å²) in [5.41, 5.74) is 3.79. The molecular weight excluding hydrogens is 344 g/mol. The number of benzene rings is 2. The van der Waals surface area contributed by atoms with E-state index < -0.39 is 0 Å². The fourth-order valence-electron chi connectivity index (χ4n) is 3.06. The van der Waals surface area contributed by atoms with Gasteiger partial charge in [-0.1, -0.05) is 12.1 Å². The fourth-order valence-corrected chi connectivity index (χ4v) is 3.46. The van der Waals surface area contributed by atoms with Crippen LogP contribution in [0.15, 0.2) is 53.4 Å². The van der Waals surface area contributed by atoms with Gasteiger partial charge in [-0.3, -0.25) is 9.59 Å². The summed E-state index contributed by atoms with van der Waals surface area (Å²) in [5.74, 6) is -0.00895. The first-order chi connectivity index (χ1) is 12.6. The summed E-state index contributed by atoms with van der Waals surface area (Å²) in [6.07, 6.45) is 6.60. The number of nitrogens with zero attached hydrogens (tertiary/aromatic N) is 1. The van der Waals surface area contributed by atoms with Crippen LogP contribution in [0, 0.1) is 0 Å². The normalized spacial score (nSPS) is 13.8. The number of carbonyl (C=O) groups excluding carboxylic acids is 2. The van der Waals surface area contributed by atoms with Gasteiger partial charge >= 0.3 is 0 Å². The second-order valence-electron chi connectivity index (χ2n) is 6.08. The van der Waals surface area contributed by atoms with Crippen molar-refractivity contribution < 1.29 is 9.59 Å². The minimum absolute atomic E-state index is 0.159. The van der Waals surface area contributed by atoms with E-state index in [2.05, 4.69) is 5.32 Å². The van der Waals surface area contributed by atoms with Crippen molar-refractivity contribution in [3.8, 4) is 0 Å². The van der Waals surface area contributed by atoms with Gasteiger partial charge in [-0.15, -0.1) is 11.8 Å². The van der Waals surface area contributed by atoms with Crippen LogP contribution in [0.1, 0.15) is 24.5 Å². The molecule has 0 aliphatic carbocycles. The van der Waals surface area contributed by atoms with Gasteiger partial charge in [-0.25, -0.2) is 0 Å². The highest BCUT2D eigenvalue weighted by Gasteiger charge is 2.22. The van der Waals surface area contributed by atoms with E-state index in [1.165, 1.54) is 11.0 Å². The van der Waals surface area contributed by atoms with Crippen LogP contribution in [0.25, 0.3) is 6.08 Å². The zero-order chi connectivity index (χ0) is 18.5. The van der Waals surface area contributed by atoms with E-state index in [1.807, 2.05) is 55.6 Å². The average Bonchev–Trinajstić information content (AvgIpc) is 2.67. The van der Waals surface area contributed by atoms with Crippen LogP contribution in [0.5, 0.6) is 0 Å². The first-order valence-corrected chi connectivity index (χ1v) is 9.89. The Morgan fingerprint density at radius 3 is 2.65 bits per heavy atom. The second-order valence-corrected chi connectivity index (χ2v) is 6.96. The fraction of sp³-hybridized carbons (Fsp3) is 0.238. The molecule has 0 saturated heterocycles. The maximum Gasteiger partial charge on any atom is 0.248 e. The molecule has 2 aromatic carbocycles. The molecule has 0 fully saturated rings. The smallest absolute Gasteiger partial charge is 0.248 e. The second kappa shape index (κ2) is 8.23. The predicted octanol–water partition coefficient (Wildman–Crippen LogP) is 4.36. The van der Waals surface area contributed by atoms with Gasteiger partial charge in [-0.05, 0) is 67.1 Å². The third kappa shape index (κ3) is 4.17. The lowest BCUT2D eigenvalue weighted by Gasteiger charge is -2.28. The summed E-state index contributed by atoms with van der Waals surface area (Å²) in [6.45, 7) is 2.63. The van der Waals surface area contributed by atoms with Gasteiger partial charge in [0.25, 0.3) is 0 Å². The van der Waals surface area contributed by atoms with Crippen LogP contribution in [0.3, 0.4) is 0 Å². The van der Waals surface area contributed by atoms with Gasteiger partial charge < -0.3 is 10.2 Å². The van der Waals surface area contributed by atoms with Crippen molar-refractivity contribution in [2.24, 2.45) is 0 Å². The quantitative estimate of drug-likeness (QED) is 0.632. The van der Waals surface area contributed by atoms with Gasteiger partial charge in [0, 0.05) is 35.3 Å². The third-order valence-electron chi connectivity index (χ3n) is 4.41. The minimum atomic E-state index is -0.168. The predicted molar refractivity (Wildman–Crippen MR) is 109 cm³/mol. The Balaban J connectivity index is 1.67. The maximum atomic E-state index is 12.2. The number of aryl methyl sites for hydroxylation is 1. The summed E-state index contributed by atoms with van der Waals surface area (Å²) in [4.78, 5) is 27.1. The number of thioether (sulfide) groups is 1. The summed E-state index contributed by atoms with van der Waals surface area (Å²) in [5, 5.41) is 2.90. The van der Waals surface area contributed by atoms with E-state index in [4.69, 9.17) is 0 Å². The number of hydrogen-bond acceptors (Lipinski definition) is 3. The molecule has 5 heteroatoms. The molecule has 26 heavy (non-hydrogen) atoms. The number of amides is 2. The monoisotopic (exact) mass is 366 g/mol. The highest BCUT2D eigenvalue weighted by molar-refractivity contribution is 7.98. The van der Waals surface area contributed by atoms with Crippen molar-refractivity contribution in [3.05, 3.63) is 59.7 Å². The van der Waals surface area contributed by atoms with Crippen molar-refractivity contribution >= 4 is 41.0 Å². The van der Waals surface area contributed by atoms with E-state index in [0.717, 1.165) is 22.5 Å². The summed E-state index contributed by atoms with van der Waals surface area (Å²) in [7, 11) is 0. The first kappa shape index (κ1) is 18.3. The Kier molecular flexibility index (Phi) is 5.78. The Hall–Kier alpha value is -2.53. The zero-order valence-electron chi connectivity index (χ0n) is 15.0. The van der Waals surface area contributed by atoms with E-state index in [1.54, 1.807) is 22.7 Å². The Labute approximate surface area is 158 Å². The van der Waals surface area contributed by atoms with Gasteiger partial charge in [0.2, 0.25) is 11.8 Å². The van der Waals surface area contributed by atoms with Crippen LogP contribution in [-0.4, -0.2) is 24.6 Å². The molecule has 0 bridgehead atoms. The van der Waals surface area contributed by atoms with E-state index in [9.17, 15) is 9.59 Å². The highest BCUT2D eigenvalue weighted by Crippen LogP contribution is 2.30. The molecule has 1 N–H and O–H groups in total. The molecule has 1 heterocycles. The molecule has 0 atom stereocenters. The average molecular weight is 366 g/mol. The van der Waals surface area contributed by atoms with Gasteiger partial charge in [0.05, 0.1) is 0 Å². The molecule has 2 amide bonds. The molecule has 2 aromatic rings. The molecule has 1 aliphatic rings. The molecule has 1 aliphatic heterocycles. The standard InChI is InChI=1S/C21H22N2O2S/c1-3-23-19-11-8-17(14-16(19)7-13-21(23)25)22-20(24)12-6-15-4-9-18(26-2)10-5-15/h4-6,8-12,14H,3,7,13H2,1-2H3,(H,22,24). The Bertz CT molecular complexity index is 844. The number of anilines is 2. The minimum Gasteiger partial charge on any atom is -0.323 e. The molecular formula is C21H22N2O2S. The molecule has 134 valence electrons. The number of carbonyl (C=O) groups is 2. The lowest BCUT2D eigenvalue weighted by molar-refractivity contribution is -0.118. The molecule has 0 unspecified atom stereocenters. The zero-order valence-corrected chi connectivity index (χ0v) is 15.8. The topological polar surface area (TPSA) is 49.4 Å². The number of fused-ring (bicyclic) bond motifs is 1. The highest BCUT2D eigenvalue weighted by atomic mass is 32.2.